The number of hydrogen-bond donors (Lipinski definition) is 1. The van der Waals surface area contributed by atoms with Crippen molar-refractivity contribution in [3.8, 4) is 0 Å². The molecule has 1 amide bonds. The minimum Gasteiger partial charge on any atom is -0.478 e. The number of carbonyl (C=O) groups is 2. The minimum absolute atomic E-state index is 0.0417. The smallest absolute Gasteiger partial charge is 0.338 e. The van der Waals surface area contributed by atoms with Crippen LogP contribution in [-0.2, 0) is 4.79 Å². The fraction of sp³-hybridized carbons (Fsp3) is 0.333. The Hall–Kier alpha value is -1.36. The van der Waals surface area contributed by atoms with Gasteiger partial charge in [0, 0.05) is 17.8 Å². The molecule has 1 atom stereocenters. The maximum absolute atomic E-state index is 11.8. The Morgan fingerprint density at radius 1 is 1.53 bits per heavy atom. The Bertz CT molecular complexity index is 487. The second-order valence-corrected chi connectivity index (χ2v) is 5.37. The molecule has 0 saturated carbocycles. The number of benzene rings is 1. The van der Waals surface area contributed by atoms with Gasteiger partial charge in [0.25, 0.3) is 0 Å². The minimum atomic E-state index is -0.996. The Balaban J connectivity index is 2.49. The van der Waals surface area contributed by atoms with Gasteiger partial charge in [0.1, 0.15) is 0 Å². The number of aryl methyl sites for hydroxylation is 1. The van der Waals surface area contributed by atoms with E-state index in [-0.39, 0.29) is 16.3 Å². The van der Waals surface area contributed by atoms with Gasteiger partial charge in [-0.3, -0.25) is 4.79 Å². The number of carbonyl (C=O) groups excluding carboxylic acids is 1. The first kappa shape index (κ1) is 12.1. The van der Waals surface area contributed by atoms with Crippen molar-refractivity contribution in [2.45, 2.75) is 18.2 Å². The van der Waals surface area contributed by atoms with Gasteiger partial charge in [-0.15, -0.1) is 0 Å². The van der Waals surface area contributed by atoms with Crippen LogP contribution in [0.4, 0.5) is 5.69 Å². The van der Waals surface area contributed by atoms with Gasteiger partial charge >= 0.3 is 5.97 Å². The van der Waals surface area contributed by atoms with E-state index < -0.39 is 5.97 Å². The summed E-state index contributed by atoms with van der Waals surface area (Å²) < 4.78 is 0. The van der Waals surface area contributed by atoms with E-state index in [4.69, 9.17) is 0 Å². The van der Waals surface area contributed by atoms with E-state index in [1.165, 1.54) is 4.90 Å². The SMILES string of the molecule is Cc1cccc(N2CC(Br)CC2=O)c1C(=O)O. The summed E-state index contributed by atoms with van der Waals surface area (Å²) in [5.74, 6) is -1.04. The summed E-state index contributed by atoms with van der Waals surface area (Å²) in [6.07, 6.45) is 0.410. The molecule has 1 N–H and O–H groups in total. The van der Waals surface area contributed by atoms with Crippen LogP contribution < -0.4 is 4.90 Å². The second-order valence-electron chi connectivity index (χ2n) is 4.08. The van der Waals surface area contributed by atoms with Crippen LogP contribution in [-0.4, -0.2) is 28.4 Å². The highest BCUT2D eigenvalue weighted by Crippen LogP contribution is 2.29. The Morgan fingerprint density at radius 2 is 2.24 bits per heavy atom. The zero-order valence-corrected chi connectivity index (χ0v) is 10.9. The molecular weight excluding hydrogens is 286 g/mol. The summed E-state index contributed by atoms with van der Waals surface area (Å²) in [7, 11) is 0. The molecule has 0 aromatic heterocycles. The summed E-state index contributed by atoms with van der Waals surface area (Å²) in [6, 6.07) is 5.18. The topological polar surface area (TPSA) is 57.6 Å². The van der Waals surface area contributed by atoms with Crippen LogP contribution >= 0.6 is 15.9 Å². The number of halogens is 1. The van der Waals surface area contributed by atoms with Gasteiger partial charge in [0.2, 0.25) is 5.91 Å². The van der Waals surface area contributed by atoms with Crippen molar-refractivity contribution in [1.29, 1.82) is 0 Å². The van der Waals surface area contributed by atoms with Gasteiger partial charge in [-0.2, -0.15) is 0 Å². The van der Waals surface area contributed by atoms with Crippen molar-refractivity contribution in [3.63, 3.8) is 0 Å². The molecule has 1 aromatic rings. The molecule has 1 saturated heterocycles. The molecule has 0 aliphatic carbocycles. The molecule has 1 heterocycles. The van der Waals surface area contributed by atoms with Crippen LogP contribution in [0.1, 0.15) is 22.3 Å². The van der Waals surface area contributed by atoms with Crippen LogP contribution in [0.25, 0.3) is 0 Å². The molecule has 90 valence electrons. The molecular formula is C12H12BrNO3. The summed E-state index contributed by atoms with van der Waals surface area (Å²) in [4.78, 5) is 24.6. The molecule has 1 fully saturated rings. The highest BCUT2D eigenvalue weighted by atomic mass is 79.9. The number of carboxylic acid groups (broad SMARTS) is 1. The van der Waals surface area contributed by atoms with Gasteiger partial charge in [0.15, 0.2) is 0 Å². The monoisotopic (exact) mass is 297 g/mol. The fourth-order valence-corrected chi connectivity index (χ4v) is 2.62. The van der Waals surface area contributed by atoms with Crippen LogP contribution in [0, 0.1) is 6.92 Å². The molecule has 0 radical (unpaired) electrons. The zero-order chi connectivity index (χ0) is 12.6. The van der Waals surface area contributed by atoms with E-state index >= 15 is 0 Å². The standard InChI is InChI=1S/C12H12BrNO3/c1-7-3-2-4-9(11(7)12(16)17)14-6-8(13)5-10(14)15/h2-4,8H,5-6H2,1H3,(H,16,17). The van der Waals surface area contributed by atoms with E-state index in [1.807, 2.05) is 0 Å². The number of carboxylic acids is 1. The van der Waals surface area contributed by atoms with Crippen molar-refractivity contribution in [2.75, 3.05) is 11.4 Å². The number of amides is 1. The zero-order valence-electron chi connectivity index (χ0n) is 9.31. The summed E-state index contributed by atoms with van der Waals surface area (Å²) >= 11 is 3.39. The van der Waals surface area contributed by atoms with Gasteiger partial charge in [-0.05, 0) is 18.6 Å². The molecule has 0 spiro atoms. The van der Waals surface area contributed by atoms with Crippen LogP contribution in [0.3, 0.4) is 0 Å². The molecule has 0 bridgehead atoms. The molecule has 4 nitrogen and oxygen atoms in total. The maximum Gasteiger partial charge on any atom is 0.338 e. The van der Waals surface area contributed by atoms with E-state index in [0.717, 1.165) is 0 Å². The molecule has 1 aliphatic heterocycles. The number of nitrogens with zero attached hydrogens (tertiary/aromatic N) is 1. The van der Waals surface area contributed by atoms with Crippen LogP contribution in [0.5, 0.6) is 0 Å². The van der Waals surface area contributed by atoms with E-state index in [2.05, 4.69) is 15.9 Å². The van der Waals surface area contributed by atoms with E-state index in [9.17, 15) is 14.7 Å². The van der Waals surface area contributed by atoms with Crippen LogP contribution in [0.15, 0.2) is 18.2 Å². The summed E-state index contributed by atoms with van der Waals surface area (Å²) in [6.45, 7) is 2.25. The van der Waals surface area contributed by atoms with Gasteiger partial charge in [-0.25, -0.2) is 4.79 Å². The third-order valence-electron chi connectivity index (χ3n) is 2.83. The van der Waals surface area contributed by atoms with Crippen molar-refractivity contribution >= 4 is 33.5 Å². The fourth-order valence-electron chi connectivity index (χ4n) is 2.05. The lowest BCUT2D eigenvalue weighted by molar-refractivity contribution is -0.117. The average Bonchev–Trinajstić information content (AvgIpc) is 2.56. The highest BCUT2D eigenvalue weighted by Gasteiger charge is 2.31. The van der Waals surface area contributed by atoms with Gasteiger partial charge in [-0.1, -0.05) is 28.1 Å². The molecule has 1 aromatic carbocycles. The number of alkyl halides is 1. The number of aromatic carboxylic acids is 1. The van der Waals surface area contributed by atoms with Crippen molar-refractivity contribution in [1.82, 2.24) is 0 Å². The lowest BCUT2D eigenvalue weighted by Gasteiger charge is -2.19. The van der Waals surface area contributed by atoms with Crippen molar-refractivity contribution in [3.05, 3.63) is 29.3 Å². The number of anilines is 1. The first-order valence-corrected chi connectivity index (χ1v) is 6.19. The summed E-state index contributed by atoms with van der Waals surface area (Å²) in [5, 5.41) is 9.21. The lowest BCUT2D eigenvalue weighted by Crippen LogP contribution is -2.27. The predicted octanol–water partition coefficient (Wildman–Crippen LogP) is 2.19. The Kier molecular flexibility index (Phi) is 3.19. The molecule has 5 heteroatoms. The van der Waals surface area contributed by atoms with Gasteiger partial charge in [0.05, 0.1) is 11.3 Å². The molecule has 1 aliphatic rings. The normalized spacial score (nSPS) is 19.8. The van der Waals surface area contributed by atoms with E-state index in [1.54, 1.807) is 25.1 Å². The average molecular weight is 298 g/mol. The third-order valence-corrected chi connectivity index (χ3v) is 3.45. The van der Waals surface area contributed by atoms with Gasteiger partial charge < -0.3 is 10.0 Å². The predicted molar refractivity (Wildman–Crippen MR) is 67.8 cm³/mol. The Labute approximate surface area is 107 Å². The Morgan fingerprint density at radius 3 is 2.76 bits per heavy atom. The quantitative estimate of drug-likeness (QED) is 0.852. The first-order valence-electron chi connectivity index (χ1n) is 5.28. The second kappa shape index (κ2) is 4.49. The maximum atomic E-state index is 11.8. The molecule has 2 rings (SSSR count). The van der Waals surface area contributed by atoms with E-state index in [0.29, 0.717) is 24.2 Å². The van der Waals surface area contributed by atoms with Crippen molar-refractivity contribution in [2.24, 2.45) is 0 Å². The first-order chi connectivity index (χ1) is 8.00. The number of rotatable bonds is 2. The van der Waals surface area contributed by atoms with Crippen LogP contribution in [0.2, 0.25) is 0 Å². The third kappa shape index (κ3) is 2.20. The summed E-state index contributed by atoms with van der Waals surface area (Å²) in [5.41, 5.74) is 1.37. The molecule has 1 unspecified atom stereocenters. The van der Waals surface area contributed by atoms with Crippen molar-refractivity contribution < 1.29 is 14.7 Å². The highest BCUT2D eigenvalue weighted by molar-refractivity contribution is 9.09. The lowest BCUT2D eigenvalue weighted by atomic mass is 10.1. The number of hydrogen-bond acceptors (Lipinski definition) is 2. The largest absolute Gasteiger partial charge is 0.478 e. The molecule has 17 heavy (non-hydrogen) atoms.